The smallest absolute Gasteiger partial charge is 0.167 e. The van der Waals surface area contributed by atoms with Gasteiger partial charge in [-0.15, -0.1) is 0 Å². The van der Waals surface area contributed by atoms with E-state index in [1.165, 1.54) is 12.1 Å². The van der Waals surface area contributed by atoms with Gasteiger partial charge in [-0.05, 0) is 34.9 Å². The predicted octanol–water partition coefficient (Wildman–Crippen LogP) is 5.04. The monoisotopic (exact) mass is 335 g/mol. The molecule has 0 saturated carbocycles. The van der Waals surface area contributed by atoms with Gasteiger partial charge in [-0.1, -0.05) is 36.4 Å². The summed E-state index contributed by atoms with van der Waals surface area (Å²) in [5.74, 6) is -1.25. The highest BCUT2D eigenvalue weighted by Crippen LogP contribution is 2.32. The summed E-state index contributed by atoms with van der Waals surface area (Å²) in [6.07, 6.45) is 0.945. The van der Waals surface area contributed by atoms with Gasteiger partial charge in [0.25, 0.3) is 0 Å². The quantitative estimate of drug-likeness (QED) is 0.711. The molecule has 1 aliphatic rings. The predicted molar refractivity (Wildman–Crippen MR) is 93.4 cm³/mol. The zero-order chi connectivity index (χ0) is 17.4. The van der Waals surface area contributed by atoms with Gasteiger partial charge >= 0.3 is 0 Å². The number of carbonyl (C=O) groups is 1. The summed E-state index contributed by atoms with van der Waals surface area (Å²) in [4.78, 5) is 12.6. The van der Waals surface area contributed by atoms with Gasteiger partial charge in [0.1, 0.15) is 11.6 Å². The fraction of sp³-hybridized carbons (Fsp3) is 0.0952. The van der Waals surface area contributed by atoms with Crippen LogP contribution >= 0.6 is 0 Å². The van der Waals surface area contributed by atoms with Crippen molar-refractivity contribution in [2.24, 2.45) is 0 Å². The topological polar surface area (TPSA) is 29.1 Å². The lowest BCUT2D eigenvalue weighted by Gasteiger charge is -2.15. The molecule has 0 heterocycles. The molecule has 124 valence electrons. The van der Waals surface area contributed by atoms with E-state index >= 15 is 0 Å². The van der Waals surface area contributed by atoms with Crippen molar-refractivity contribution >= 4 is 17.2 Å². The maximum Gasteiger partial charge on any atom is 0.167 e. The van der Waals surface area contributed by atoms with Gasteiger partial charge in [0.05, 0.1) is 5.69 Å². The van der Waals surface area contributed by atoms with Crippen LogP contribution in [0.25, 0.3) is 0 Å². The van der Waals surface area contributed by atoms with Gasteiger partial charge in [0, 0.05) is 30.2 Å². The first-order valence-corrected chi connectivity index (χ1v) is 8.06. The Labute approximate surface area is 144 Å². The highest BCUT2D eigenvalue weighted by Gasteiger charge is 2.22. The maximum absolute atomic E-state index is 14.0. The van der Waals surface area contributed by atoms with Crippen LogP contribution in [0, 0.1) is 11.6 Å². The van der Waals surface area contributed by atoms with Crippen molar-refractivity contribution in [1.82, 2.24) is 0 Å². The Bertz CT molecular complexity index is 981. The van der Waals surface area contributed by atoms with E-state index in [-0.39, 0.29) is 11.5 Å². The van der Waals surface area contributed by atoms with Gasteiger partial charge in [-0.3, -0.25) is 4.79 Å². The largest absolute Gasteiger partial charge is 0.353 e. The minimum atomic E-state index is -0.669. The molecule has 0 fully saturated rings. The van der Waals surface area contributed by atoms with Crippen LogP contribution in [0.15, 0.2) is 60.7 Å². The summed E-state index contributed by atoms with van der Waals surface area (Å²) >= 11 is 0. The van der Waals surface area contributed by atoms with E-state index in [1.54, 1.807) is 12.1 Å². The Hall–Kier alpha value is -3.01. The number of ketones is 1. The highest BCUT2D eigenvalue weighted by atomic mass is 19.1. The SMILES string of the molecule is O=C1Cc2ccccc2Cc2c(Nc3ccc(F)cc3F)cccc21. The summed E-state index contributed by atoms with van der Waals surface area (Å²) in [6, 6.07) is 16.6. The number of rotatable bonds is 2. The first-order chi connectivity index (χ1) is 12.1. The van der Waals surface area contributed by atoms with Crippen molar-refractivity contribution in [3.8, 4) is 0 Å². The normalized spacial score (nSPS) is 13.0. The van der Waals surface area contributed by atoms with E-state index in [9.17, 15) is 13.6 Å². The molecule has 2 nitrogen and oxygen atoms in total. The maximum atomic E-state index is 14.0. The van der Waals surface area contributed by atoms with Crippen LogP contribution in [0.2, 0.25) is 0 Å². The number of anilines is 2. The Morgan fingerprint density at radius 1 is 0.800 bits per heavy atom. The molecule has 0 unspecified atom stereocenters. The molecule has 25 heavy (non-hydrogen) atoms. The highest BCUT2D eigenvalue weighted by molar-refractivity contribution is 6.01. The first kappa shape index (κ1) is 15.5. The number of carbonyl (C=O) groups excluding carboxylic acids is 1. The molecule has 0 spiro atoms. The van der Waals surface area contributed by atoms with Crippen molar-refractivity contribution in [1.29, 1.82) is 0 Å². The molecule has 0 bridgehead atoms. The van der Waals surface area contributed by atoms with Gasteiger partial charge in [0.15, 0.2) is 5.78 Å². The molecule has 0 atom stereocenters. The molecule has 4 rings (SSSR count). The third kappa shape index (κ3) is 2.91. The number of Topliss-reactive ketones (excluding diaryl/α,β-unsaturated/α-hetero) is 1. The third-order valence-electron chi connectivity index (χ3n) is 4.51. The number of benzene rings is 3. The number of hydrogen-bond acceptors (Lipinski definition) is 2. The fourth-order valence-corrected chi connectivity index (χ4v) is 3.25. The standard InChI is InChI=1S/C21H15F2NO/c22-15-8-9-20(18(23)12-15)24-19-7-3-6-16-17(19)10-13-4-1-2-5-14(13)11-21(16)25/h1-9,12,24H,10-11H2. The van der Waals surface area contributed by atoms with E-state index in [4.69, 9.17) is 0 Å². The van der Waals surface area contributed by atoms with Gasteiger partial charge in [-0.25, -0.2) is 8.78 Å². The van der Waals surface area contributed by atoms with E-state index in [2.05, 4.69) is 5.32 Å². The van der Waals surface area contributed by atoms with Gasteiger partial charge in [0.2, 0.25) is 0 Å². The van der Waals surface area contributed by atoms with Gasteiger partial charge < -0.3 is 5.32 Å². The molecule has 0 amide bonds. The van der Waals surface area contributed by atoms with Gasteiger partial charge in [-0.2, -0.15) is 0 Å². The Morgan fingerprint density at radius 2 is 1.56 bits per heavy atom. The lowest BCUT2D eigenvalue weighted by atomic mass is 9.98. The van der Waals surface area contributed by atoms with Crippen molar-refractivity contribution in [2.75, 3.05) is 5.32 Å². The minimum Gasteiger partial charge on any atom is -0.353 e. The molecule has 3 aromatic carbocycles. The lowest BCUT2D eigenvalue weighted by Crippen LogP contribution is -2.06. The summed E-state index contributed by atoms with van der Waals surface area (Å²) in [7, 11) is 0. The number of halogens is 2. The van der Waals surface area contributed by atoms with Crippen molar-refractivity contribution < 1.29 is 13.6 Å². The molecule has 0 radical (unpaired) electrons. The van der Waals surface area contributed by atoms with E-state index in [0.29, 0.717) is 24.1 Å². The fourth-order valence-electron chi connectivity index (χ4n) is 3.25. The molecular weight excluding hydrogens is 320 g/mol. The molecular formula is C21H15F2NO. The molecule has 0 aliphatic heterocycles. The third-order valence-corrected chi connectivity index (χ3v) is 4.51. The average molecular weight is 335 g/mol. The lowest BCUT2D eigenvalue weighted by molar-refractivity contribution is 0.0993. The van der Waals surface area contributed by atoms with Crippen molar-refractivity contribution in [3.05, 3.63) is 94.6 Å². The van der Waals surface area contributed by atoms with Crippen LogP contribution in [0.4, 0.5) is 20.2 Å². The van der Waals surface area contributed by atoms with Crippen molar-refractivity contribution in [2.45, 2.75) is 12.8 Å². The van der Waals surface area contributed by atoms with Crippen LogP contribution in [-0.4, -0.2) is 5.78 Å². The summed E-state index contributed by atoms with van der Waals surface area (Å²) in [5, 5.41) is 3.01. The number of nitrogens with one attached hydrogen (secondary N) is 1. The van der Waals surface area contributed by atoms with Crippen molar-refractivity contribution in [3.63, 3.8) is 0 Å². The molecule has 4 heteroatoms. The average Bonchev–Trinajstić information content (AvgIpc) is 2.74. The second kappa shape index (κ2) is 6.13. The molecule has 3 aromatic rings. The minimum absolute atomic E-state index is 0.0446. The van der Waals surface area contributed by atoms with Crippen LogP contribution < -0.4 is 5.32 Å². The van der Waals surface area contributed by atoms with E-state index < -0.39 is 11.6 Å². The summed E-state index contributed by atoms with van der Waals surface area (Å²) in [5.41, 5.74) is 4.42. The van der Waals surface area contributed by atoms with Crippen LogP contribution in [0.3, 0.4) is 0 Å². The first-order valence-electron chi connectivity index (χ1n) is 8.06. The summed E-state index contributed by atoms with van der Waals surface area (Å²) in [6.45, 7) is 0. The molecule has 1 N–H and O–H groups in total. The zero-order valence-electron chi connectivity index (χ0n) is 13.4. The zero-order valence-corrected chi connectivity index (χ0v) is 13.4. The second-order valence-corrected chi connectivity index (χ2v) is 6.13. The molecule has 0 saturated heterocycles. The van der Waals surface area contributed by atoms with Crippen LogP contribution in [-0.2, 0) is 12.8 Å². The van der Waals surface area contributed by atoms with Crippen LogP contribution in [0.5, 0.6) is 0 Å². The Balaban J connectivity index is 1.79. The molecule has 0 aromatic heterocycles. The van der Waals surface area contributed by atoms with E-state index in [0.717, 1.165) is 22.8 Å². The number of fused-ring (bicyclic) bond motifs is 2. The van der Waals surface area contributed by atoms with Crippen LogP contribution in [0.1, 0.15) is 27.0 Å². The second-order valence-electron chi connectivity index (χ2n) is 6.13. The number of hydrogen-bond donors (Lipinski definition) is 1. The molecule has 1 aliphatic carbocycles. The Morgan fingerprint density at radius 3 is 2.32 bits per heavy atom. The summed E-state index contributed by atoms with van der Waals surface area (Å²) < 4.78 is 27.1. The van der Waals surface area contributed by atoms with E-state index in [1.807, 2.05) is 30.3 Å². The Kier molecular flexibility index (Phi) is 3.80.